The third-order valence-electron chi connectivity index (χ3n) is 3.39. The van der Waals surface area contributed by atoms with Crippen LogP contribution in [0.2, 0.25) is 0 Å². The highest BCUT2D eigenvalue weighted by Gasteiger charge is 2.18. The SMILES string of the molecule is CCN1CCOC(CNCc2cnn(CCO)c2)C1. The number of nitrogens with one attached hydrogen (secondary N) is 1. The molecule has 1 aliphatic heterocycles. The Kier molecular flexibility index (Phi) is 5.78. The van der Waals surface area contributed by atoms with Crippen molar-refractivity contribution < 1.29 is 9.84 Å². The maximum atomic E-state index is 8.83. The van der Waals surface area contributed by atoms with Gasteiger partial charge in [-0.25, -0.2) is 0 Å². The lowest BCUT2D eigenvalue weighted by Gasteiger charge is -2.32. The summed E-state index contributed by atoms with van der Waals surface area (Å²) in [7, 11) is 0. The Morgan fingerprint density at radius 1 is 1.58 bits per heavy atom. The van der Waals surface area contributed by atoms with Gasteiger partial charge in [-0.05, 0) is 6.54 Å². The fourth-order valence-corrected chi connectivity index (χ4v) is 2.29. The number of aromatic nitrogens is 2. The highest BCUT2D eigenvalue weighted by Crippen LogP contribution is 2.04. The van der Waals surface area contributed by atoms with Crippen LogP contribution >= 0.6 is 0 Å². The molecule has 108 valence electrons. The molecule has 1 aromatic heterocycles. The second kappa shape index (κ2) is 7.59. The second-order valence-corrected chi connectivity index (χ2v) is 4.85. The highest BCUT2D eigenvalue weighted by atomic mass is 16.5. The molecule has 0 spiro atoms. The largest absolute Gasteiger partial charge is 0.394 e. The summed E-state index contributed by atoms with van der Waals surface area (Å²) >= 11 is 0. The van der Waals surface area contributed by atoms with Crippen LogP contribution in [0.4, 0.5) is 0 Å². The molecule has 1 aliphatic rings. The lowest BCUT2D eigenvalue weighted by Crippen LogP contribution is -2.46. The van der Waals surface area contributed by atoms with Crippen molar-refractivity contribution in [2.75, 3.05) is 39.4 Å². The van der Waals surface area contributed by atoms with Crippen LogP contribution in [-0.2, 0) is 17.8 Å². The number of nitrogens with zero attached hydrogens (tertiary/aromatic N) is 3. The van der Waals surface area contributed by atoms with Gasteiger partial charge in [0.2, 0.25) is 0 Å². The Morgan fingerprint density at radius 2 is 2.47 bits per heavy atom. The number of aliphatic hydroxyl groups is 1. The first-order valence-corrected chi connectivity index (χ1v) is 6.98. The molecule has 2 N–H and O–H groups in total. The molecule has 0 saturated carbocycles. The van der Waals surface area contributed by atoms with Crippen LogP contribution in [0.3, 0.4) is 0 Å². The van der Waals surface area contributed by atoms with Gasteiger partial charge in [-0.2, -0.15) is 5.10 Å². The van der Waals surface area contributed by atoms with Crippen molar-refractivity contribution >= 4 is 0 Å². The maximum Gasteiger partial charge on any atom is 0.0826 e. The molecule has 1 atom stereocenters. The molecule has 1 unspecified atom stereocenters. The van der Waals surface area contributed by atoms with Crippen LogP contribution in [0.1, 0.15) is 12.5 Å². The van der Waals surface area contributed by atoms with Crippen LogP contribution in [0.5, 0.6) is 0 Å². The van der Waals surface area contributed by atoms with Gasteiger partial charge in [-0.15, -0.1) is 0 Å². The molecular formula is C13H24N4O2. The van der Waals surface area contributed by atoms with E-state index in [4.69, 9.17) is 9.84 Å². The maximum absolute atomic E-state index is 8.83. The van der Waals surface area contributed by atoms with Crippen LogP contribution in [-0.4, -0.2) is 65.3 Å². The van der Waals surface area contributed by atoms with Gasteiger partial charge < -0.3 is 15.2 Å². The van der Waals surface area contributed by atoms with E-state index in [1.54, 1.807) is 4.68 Å². The molecule has 0 radical (unpaired) electrons. The minimum Gasteiger partial charge on any atom is -0.394 e. The fraction of sp³-hybridized carbons (Fsp3) is 0.769. The van der Waals surface area contributed by atoms with Gasteiger partial charge in [0.05, 0.1) is 32.1 Å². The Bertz CT molecular complexity index is 369. The van der Waals surface area contributed by atoms with E-state index >= 15 is 0 Å². The molecule has 2 heterocycles. The predicted molar refractivity (Wildman–Crippen MR) is 72.9 cm³/mol. The zero-order valence-corrected chi connectivity index (χ0v) is 11.6. The van der Waals surface area contributed by atoms with Gasteiger partial charge in [0.15, 0.2) is 0 Å². The first kappa shape index (κ1) is 14.5. The highest BCUT2D eigenvalue weighted by molar-refractivity contribution is 5.03. The molecule has 1 saturated heterocycles. The van der Waals surface area contributed by atoms with E-state index in [0.29, 0.717) is 6.54 Å². The topological polar surface area (TPSA) is 62.5 Å². The summed E-state index contributed by atoms with van der Waals surface area (Å²) in [5, 5.41) is 16.4. The summed E-state index contributed by atoms with van der Waals surface area (Å²) in [6, 6.07) is 0. The third kappa shape index (κ3) is 4.58. The third-order valence-corrected chi connectivity index (χ3v) is 3.39. The van der Waals surface area contributed by atoms with Gasteiger partial charge in [0.25, 0.3) is 0 Å². The number of likely N-dealkylation sites (N-methyl/N-ethyl adjacent to an activating group) is 1. The van der Waals surface area contributed by atoms with Crippen molar-refractivity contribution in [2.24, 2.45) is 0 Å². The van der Waals surface area contributed by atoms with E-state index < -0.39 is 0 Å². The molecule has 0 aromatic carbocycles. The number of hydrogen-bond donors (Lipinski definition) is 2. The van der Waals surface area contributed by atoms with Crippen LogP contribution < -0.4 is 5.32 Å². The quantitative estimate of drug-likeness (QED) is 0.710. The number of rotatable bonds is 7. The van der Waals surface area contributed by atoms with Crippen molar-refractivity contribution in [3.05, 3.63) is 18.0 Å². The Balaban J connectivity index is 1.67. The minimum absolute atomic E-state index is 0.122. The first-order valence-electron chi connectivity index (χ1n) is 6.98. The zero-order valence-electron chi connectivity index (χ0n) is 11.6. The van der Waals surface area contributed by atoms with Crippen molar-refractivity contribution in [1.29, 1.82) is 0 Å². The Morgan fingerprint density at radius 3 is 3.26 bits per heavy atom. The lowest BCUT2D eigenvalue weighted by molar-refractivity contribution is -0.0253. The van der Waals surface area contributed by atoms with Crippen molar-refractivity contribution in [3.63, 3.8) is 0 Å². The molecule has 6 nitrogen and oxygen atoms in total. The number of hydrogen-bond acceptors (Lipinski definition) is 5. The normalized spacial score (nSPS) is 20.8. The predicted octanol–water partition coefficient (Wildman–Crippen LogP) is -0.314. The summed E-state index contributed by atoms with van der Waals surface area (Å²) in [4.78, 5) is 2.41. The van der Waals surface area contributed by atoms with Gasteiger partial charge in [0.1, 0.15) is 0 Å². The molecule has 0 amide bonds. The number of aliphatic hydroxyl groups excluding tert-OH is 1. The van der Waals surface area contributed by atoms with Crippen LogP contribution in [0.15, 0.2) is 12.4 Å². The van der Waals surface area contributed by atoms with Gasteiger partial charge in [-0.3, -0.25) is 9.58 Å². The molecule has 0 bridgehead atoms. The van der Waals surface area contributed by atoms with E-state index in [1.807, 2.05) is 12.4 Å². The summed E-state index contributed by atoms with van der Waals surface area (Å²) in [6.07, 6.45) is 4.08. The van der Waals surface area contributed by atoms with E-state index in [0.717, 1.165) is 44.9 Å². The summed E-state index contributed by atoms with van der Waals surface area (Å²) < 4.78 is 7.49. The monoisotopic (exact) mass is 268 g/mol. The minimum atomic E-state index is 0.122. The smallest absolute Gasteiger partial charge is 0.0826 e. The molecule has 2 rings (SSSR count). The summed E-state index contributed by atoms with van der Waals surface area (Å²) in [6.45, 7) is 8.48. The van der Waals surface area contributed by atoms with E-state index in [1.165, 1.54) is 0 Å². The molecule has 1 fully saturated rings. The first-order chi connectivity index (χ1) is 9.31. The van der Waals surface area contributed by atoms with Crippen molar-refractivity contribution in [3.8, 4) is 0 Å². The van der Waals surface area contributed by atoms with Crippen LogP contribution in [0, 0.1) is 0 Å². The fourth-order valence-electron chi connectivity index (χ4n) is 2.29. The molecule has 1 aromatic rings. The second-order valence-electron chi connectivity index (χ2n) is 4.85. The van der Waals surface area contributed by atoms with Crippen molar-refractivity contribution in [1.82, 2.24) is 20.0 Å². The number of morpholine rings is 1. The molecular weight excluding hydrogens is 244 g/mol. The van der Waals surface area contributed by atoms with E-state index in [2.05, 4.69) is 22.2 Å². The molecule has 6 heteroatoms. The van der Waals surface area contributed by atoms with Crippen LogP contribution in [0.25, 0.3) is 0 Å². The van der Waals surface area contributed by atoms with Gasteiger partial charge in [0, 0.05) is 37.9 Å². The molecule has 0 aliphatic carbocycles. The zero-order chi connectivity index (χ0) is 13.5. The van der Waals surface area contributed by atoms with E-state index in [-0.39, 0.29) is 12.7 Å². The number of ether oxygens (including phenoxy) is 1. The summed E-state index contributed by atoms with van der Waals surface area (Å²) in [5.74, 6) is 0. The van der Waals surface area contributed by atoms with Crippen molar-refractivity contribution in [2.45, 2.75) is 26.1 Å². The lowest BCUT2D eigenvalue weighted by atomic mass is 10.2. The molecule has 19 heavy (non-hydrogen) atoms. The van der Waals surface area contributed by atoms with E-state index in [9.17, 15) is 0 Å². The average molecular weight is 268 g/mol. The standard InChI is InChI=1S/C13H24N4O2/c1-2-16-4-6-19-13(11-16)9-14-7-12-8-15-17(10-12)3-5-18/h8,10,13-14,18H,2-7,9,11H2,1H3. The Labute approximate surface area is 114 Å². The Hall–Kier alpha value is -0.950. The van der Waals surface area contributed by atoms with Gasteiger partial charge in [-0.1, -0.05) is 6.92 Å². The average Bonchev–Trinajstić information content (AvgIpc) is 2.87. The summed E-state index contributed by atoms with van der Waals surface area (Å²) in [5.41, 5.74) is 1.14. The van der Waals surface area contributed by atoms with Gasteiger partial charge >= 0.3 is 0 Å².